The molecule has 1 atom stereocenters. The van der Waals surface area contributed by atoms with E-state index in [0.29, 0.717) is 6.54 Å². The van der Waals surface area contributed by atoms with Crippen LogP contribution in [0.15, 0.2) is 30.3 Å². The molecule has 0 spiro atoms. The van der Waals surface area contributed by atoms with Crippen LogP contribution in [0.1, 0.15) is 37.7 Å². The molecule has 1 aromatic carbocycles. The van der Waals surface area contributed by atoms with Gasteiger partial charge in [0.15, 0.2) is 0 Å². The predicted octanol–water partition coefficient (Wildman–Crippen LogP) is 2.63. The van der Waals surface area contributed by atoms with Crippen molar-refractivity contribution in [1.82, 2.24) is 10.2 Å². The van der Waals surface area contributed by atoms with Crippen LogP contribution in [-0.2, 0) is 16.0 Å². The summed E-state index contributed by atoms with van der Waals surface area (Å²) in [4.78, 5) is 14.8. The highest BCUT2D eigenvalue weighted by atomic mass is 16.5. The van der Waals surface area contributed by atoms with Crippen LogP contribution in [0.2, 0.25) is 0 Å². The summed E-state index contributed by atoms with van der Waals surface area (Å²) in [6, 6.07) is 10.7. The molecule has 1 aromatic rings. The van der Waals surface area contributed by atoms with Gasteiger partial charge in [-0.05, 0) is 63.7 Å². The maximum absolute atomic E-state index is 12.3. The molecule has 1 amide bonds. The van der Waals surface area contributed by atoms with Crippen LogP contribution < -0.4 is 5.32 Å². The third-order valence-electron chi connectivity index (χ3n) is 5.27. The molecule has 1 N–H and O–H groups in total. The number of nitrogens with one attached hydrogen (secondary N) is 1. The van der Waals surface area contributed by atoms with Gasteiger partial charge in [-0.25, -0.2) is 0 Å². The minimum Gasteiger partial charge on any atom is -0.376 e. The zero-order valence-electron chi connectivity index (χ0n) is 14.6. The lowest BCUT2D eigenvalue weighted by Gasteiger charge is -2.31. The van der Waals surface area contributed by atoms with E-state index in [0.717, 1.165) is 58.3 Å². The number of hydrogen-bond donors (Lipinski definition) is 1. The Labute approximate surface area is 145 Å². The molecule has 4 nitrogen and oxygen atoms in total. The topological polar surface area (TPSA) is 41.6 Å². The highest BCUT2D eigenvalue weighted by molar-refractivity contribution is 5.78. The van der Waals surface area contributed by atoms with E-state index in [9.17, 15) is 4.79 Å². The van der Waals surface area contributed by atoms with E-state index in [4.69, 9.17) is 4.74 Å². The first-order chi connectivity index (χ1) is 11.8. The summed E-state index contributed by atoms with van der Waals surface area (Å²) in [7, 11) is 0. The molecule has 4 heteroatoms. The number of rotatable bonds is 7. The van der Waals surface area contributed by atoms with E-state index < -0.39 is 0 Å². The molecule has 2 fully saturated rings. The van der Waals surface area contributed by atoms with Crippen LogP contribution in [0.25, 0.3) is 0 Å². The molecular formula is C20H30N2O2. The molecule has 2 aliphatic rings. The van der Waals surface area contributed by atoms with E-state index in [1.165, 1.54) is 12.0 Å². The van der Waals surface area contributed by atoms with Gasteiger partial charge in [0.2, 0.25) is 5.91 Å². The van der Waals surface area contributed by atoms with Crippen molar-refractivity contribution in [2.45, 2.75) is 44.6 Å². The average Bonchev–Trinajstić information content (AvgIpc) is 3.15. The Morgan fingerprint density at radius 1 is 1.17 bits per heavy atom. The lowest BCUT2D eigenvalue weighted by molar-refractivity contribution is -0.126. The molecule has 2 heterocycles. The Balaban J connectivity index is 1.29. The monoisotopic (exact) mass is 330 g/mol. The molecule has 0 radical (unpaired) electrons. The minimum absolute atomic E-state index is 0.191. The van der Waals surface area contributed by atoms with Gasteiger partial charge in [0.05, 0.1) is 6.10 Å². The number of carbonyl (C=O) groups excluding carboxylic acids is 1. The van der Waals surface area contributed by atoms with Gasteiger partial charge in [-0.1, -0.05) is 30.3 Å². The quantitative estimate of drug-likeness (QED) is 0.836. The molecule has 24 heavy (non-hydrogen) atoms. The second-order valence-corrected chi connectivity index (χ2v) is 7.09. The zero-order chi connectivity index (χ0) is 16.6. The van der Waals surface area contributed by atoms with Crippen LogP contribution in [0.5, 0.6) is 0 Å². The van der Waals surface area contributed by atoms with E-state index in [1.54, 1.807) is 0 Å². The third-order valence-corrected chi connectivity index (χ3v) is 5.27. The number of benzene rings is 1. The number of ether oxygens (including phenoxy) is 1. The van der Waals surface area contributed by atoms with E-state index >= 15 is 0 Å². The number of likely N-dealkylation sites (tertiary alicyclic amines) is 1. The normalized spacial score (nSPS) is 22.6. The third kappa shape index (κ3) is 5.32. The number of carbonyl (C=O) groups is 1. The van der Waals surface area contributed by atoms with Crippen molar-refractivity contribution in [2.24, 2.45) is 5.92 Å². The maximum atomic E-state index is 12.3. The molecule has 132 valence electrons. The molecule has 2 saturated heterocycles. The van der Waals surface area contributed by atoms with Crippen molar-refractivity contribution in [2.75, 3.05) is 32.8 Å². The van der Waals surface area contributed by atoms with Crippen LogP contribution in [0, 0.1) is 5.92 Å². The number of hydrogen-bond acceptors (Lipinski definition) is 3. The molecule has 0 aromatic heterocycles. The summed E-state index contributed by atoms with van der Waals surface area (Å²) in [6.07, 6.45) is 6.77. The van der Waals surface area contributed by atoms with Crippen molar-refractivity contribution in [3.8, 4) is 0 Å². The van der Waals surface area contributed by atoms with Gasteiger partial charge in [0, 0.05) is 19.1 Å². The second kappa shape index (κ2) is 9.19. The number of amides is 1. The van der Waals surface area contributed by atoms with Crippen molar-refractivity contribution < 1.29 is 9.53 Å². The fourth-order valence-electron chi connectivity index (χ4n) is 3.73. The first-order valence-electron chi connectivity index (χ1n) is 9.47. The lowest BCUT2D eigenvalue weighted by atomic mass is 9.95. The Kier molecular flexibility index (Phi) is 6.67. The molecule has 0 aliphatic carbocycles. The fraction of sp³-hybridized carbons (Fsp3) is 0.650. The second-order valence-electron chi connectivity index (χ2n) is 7.09. The van der Waals surface area contributed by atoms with Crippen molar-refractivity contribution in [1.29, 1.82) is 0 Å². The smallest absolute Gasteiger partial charge is 0.223 e. The highest BCUT2D eigenvalue weighted by Crippen LogP contribution is 2.18. The fourth-order valence-corrected chi connectivity index (χ4v) is 3.73. The van der Waals surface area contributed by atoms with Crippen molar-refractivity contribution in [3.63, 3.8) is 0 Å². The summed E-state index contributed by atoms with van der Waals surface area (Å²) >= 11 is 0. The lowest BCUT2D eigenvalue weighted by Crippen LogP contribution is -2.42. The Morgan fingerprint density at radius 3 is 2.67 bits per heavy atom. The highest BCUT2D eigenvalue weighted by Gasteiger charge is 2.25. The van der Waals surface area contributed by atoms with Gasteiger partial charge < -0.3 is 15.0 Å². The Morgan fingerprint density at radius 2 is 1.96 bits per heavy atom. The molecule has 0 unspecified atom stereocenters. The van der Waals surface area contributed by atoms with Crippen molar-refractivity contribution >= 4 is 5.91 Å². The summed E-state index contributed by atoms with van der Waals surface area (Å²) < 4.78 is 5.57. The van der Waals surface area contributed by atoms with E-state index in [-0.39, 0.29) is 17.9 Å². The summed E-state index contributed by atoms with van der Waals surface area (Å²) in [5, 5.41) is 3.09. The first-order valence-corrected chi connectivity index (χ1v) is 9.47. The molecular weight excluding hydrogens is 300 g/mol. The van der Waals surface area contributed by atoms with Gasteiger partial charge in [-0.3, -0.25) is 4.79 Å². The summed E-state index contributed by atoms with van der Waals surface area (Å²) in [6.45, 7) is 4.77. The number of nitrogens with zero attached hydrogens (tertiary/aromatic N) is 1. The molecule has 3 rings (SSSR count). The predicted molar refractivity (Wildman–Crippen MR) is 95.9 cm³/mol. The van der Waals surface area contributed by atoms with Crippen LogP contribution >= 0.6 is 0 Å². The molecule has 0 saturated carbocycles. The SMILES string of the molecule is O=C(NC[C@H]1CCCO1)C1CCN(CCCc2ccccc2)CC1. The number of aryl methyl sites for hydroxylation is 1. The van der Waals surface area contributed by atoms with Crippen LogP contribution in [0.4, 0.5) is 0 Å². The van der Waals surface area contributed by atoms with Gasteiger partial charge in [0.25, 0.3) is 0 Å². The molecule has 2 aliphatic heterocycles. The van der Waals surface area contributed by atoms with Crippen LogP contribution in [-0.4, -0.2) is 49.7 Å². The van der Waals surface area contributed by atoms with E-state index in [1.807, 2.05) is 0 Å². The van der Waals surface area contributed by atoms with Gasteiger partial charge in [-0.15, -0.1) is 0 Å². The largest absolute Gasteiger partial charge is 0.376 e. The zero-order valence-corrected chi connectivity index (χ0v) is 14.6. The average molecular weight is 330 g/mol. The van der Waals surface area contributed by atoms with E-state index in [2.05, 4.69) is 40.5 Å². The van der Waals surface area contributed by atoms with Crippen molar-refractivity contribution in [3.05, 3.63) is 35.9 Å². The van der Waals surface area contributed by atoms with Gasteiger partial charge >= 0.3 is 0 Å². The molecule has 0 bridgehead atoms. The Hall–Kier alpha value is -1.39. The standard InChI is InChI=1S/C20H30N2O2/c23-20(21-16-19-9-5-15-24-19)18-10-13-22(14-11-18)12-4-8-17-6-2-1-3-7-17/h1-3,6-7,18-19H,4-5,8-16H2,(H,21,23)/t19-/m1/s1. The minimum atomic E-state index is 0.191. The first kappa shape index (κ1) is 17.4. The van der Waals surface area contributed by atoms with Gasteiger partial charge in [-0.2, -0.15) is 0 Å². The Bertz CT molecular complexity index is 492. The van der Waals surface area contributed by atoms with Gasteiger partial charge in [0.1, 0.15) is 0 Å². The van der Waals surface area contributed by atoms with Crippen LogP contribution in [0.3, 0.4) is 0 Å². The summed E-state index contributed by atoms with van der Waals surface area (Å²) in [5.41, 5.74) is 1.42. The maximum Gasteiger partial charge on any atom is 0.223 e. The number of piperidine rings is 1. The summed E-state index contributed by atoms with van der Waals surface area (Å²) in [5.74, 6) is 0.422.